The maximum atomic E-state index is 11.7. The third-order valence-electron chi connectivity index (χ3n) is 3.23. The monoisotopic (exact) mass is 259 g/mol. The van der Waals surface area contributed by atoms with Crippen molar-refractivity contribution in [2.45, 2.75) is 19.9 Å². The van der Waals surface area contributed by atoms with Gasteiger partial charge in [-0.25, -0.2) is 0 Å². The number of ketones is 1. The molecule has 1 N–H and O–H groups in total. The van der Waals surface area contributed by atoms with Crippen LogP contribution in [0.25, 0.3) is 0 Å². The number of hydrogen-bond acceptors (Lipinski definition) is 3. The number of carbonyl (C=O) groups is 2. The number of Topliss-reactive ketones (excluding diaryl/α,β-unsaturated/α-hetero) is 1. The van der Waals surface area contributed by atoms with Gasteiger partial charge in [-0.1, -0.05) is 31.2 Å². The molecule has 1 heterocycles. The van der Waals surface area contributed by atoms with Gasteiger partial charge in [0.15, 0.2) is 5.78 Å². The Balaban J connectivity index is 2.10. The highest BCUT2D eigenvalue weighted by Gasteiger charge is 2.30. The Bertz CT molecular complexity index is 522. The van der Waals surface area contributed by atoms with Crippen molar-refractivity contribution in [2.75, 3.05) is 13.6 Å². The van der Waals surface area contributed by atoms with E-state index in [1.807, 2.05) is 19.1 Å². The van der Waals surface area contributed by atoms with E-state index in [4.69, 9.17) is 5.41 Å². The minimum absolute atomic E-state index is 0.0683. The van der Waals surface area contributed by atoms with Crippen LogP contribution in [0.3, 0.4) is 0 Å². The first-order valence-corrected chi connectivity index (χ1v) is 6.25. The zero-order valence-corrected chi connectivity index (χ0v) is 11.1. The Morgan fingerprint density at radius 1 is 1.32 bits per heavy atom. The molecular formula is C14H17N3O2. The number of nitrogens with zero attached hydrogens (tertiary/aromatic N) is 2. The number of benzene rings is 1. The molecule has 0 atom stereocenters. The third kappa shape index (κ3) is 2.65. The van der Waals surface area contributed by atoms with E-state index in [-0.39, 0.29) is 24.2 Å². The molecule has 1 aliphatic rings. The summed E-state index contributed by atoms with van der Waals surface area (Å²) in [6.07, 6.45) is 0.486. The topological polar surface area (TPSA) is 64.5 Å². The summed E-state index contributed by atoms with van der Waals surface area (Å²) in [6, 6.07) is 7.22. The molecule has 1 fully saturated rings. The molecule has 0 aromatic heterocycles. The van der Waals surface area contributed by atoms with Gasteiger partial charge in [0.25, 0.3) is 0 Å². The summed E-state index contributed by atoms with van der Waals surface area (Å²) in [4.78, 5) is 26.3. The van der Waals surface area contributed by atoms with E-state index >= 15 is 0 Å². The average molecular weight is 259 g/mol. The van der Waals surface area contributed by atoms with Crippen molar-refractivity contribution in [3.63, 3.8) is 0 Å². The number of rotatable bonds is 4. The van der Waals surface area contributed by atoms with Crippen LogP contribution in [0.2, 0.25) is 0 Å². The largest absolute Gasteiger partial charge is 0.336 e. The minimum Gasteiger partial charge on any atom is -0.336 e. The Morgan fingerprint density at radius 3 is 2.42 bits per heavy atom. The average Bonchev–Trinajstić information content (AvgIpc) is 2.65. The lowest BCUT2D eigenvalue weighted by atomic mass is 10.1. The van der Waals surface area contributed by atoms with Crippen molar-refractivity contribution in [3.8, 4) is 0 Å². The van der Waals surface area contributed by atoms with E-state index in [1.54, 1.807) is 24.1 Å². The second-order valence-electron chi connectivity index (χ2n) is 4.63. The van der Waals surface area contributed by atoms with Gasteiger partial charge in [0, 0.05) is 19.0 Å². The quantitative estimate of drug-likeness (QED) is 0.833. The van der Waals surface area contributed by atoms with Gasteiger partial charge in [-0.3, -0.25) is 19.9 Å². The first-order chi connectivity index (χ1) is 9.02. The van der Waals surface area contributed by atoms with Gasteiger partial charge in [0.2, 0.25) is 11.9 Å². The molecule has 19 heavy (non-hydrogen) atoms. The van der Waals surface area contributed by atoms with Crippen LogP contribution in [0, 0.1) is 5.41 Å². The molecule has 1 amide bonds. The second kappa shape index (κ2) is 5.22. The summed E-state index contributed by atoms with van der Waals surface area (Å²) in [7, 11) is 1.73. The minimum atomic E-state index is -0.0683. The SMILES string of the molecule is CCC(=O)c1ccc(CN2C(=N)N(C)CC2=O)cc1. The highest BCUT2D eigenvalue weighted by Crippen LogP contribution is 2.14. The number of amides is 1. The molecule has 5 nitrogen and oxygen atoms in total. The fraction of sp³-hybridized carbons (Fsp3) is 0.357. The van der Waals surface area contributed by atoms with Crippen molar-refractivity contribution < 1.29 is 9.59 Å². The summed E-state index contributed by atoms with van der Waals surface area (Å²) in [5.74, 6) is 0.260. The van der Waals surface area contributed by atoms with Crippen LogP contribution < -0.4 is 0 Å². The summed E-state index contributed by atoms with van der Waals surface area (Å²) in [5, 5.41) is 7.81. The molecule has 0 unspecified atom stereocenters. The van der Waals surface area contributed by atoms with Crippen LogP contribution in [0.5, 0.6) is 0 Å². The predicted octanol–water partition coefficient (Wildman–Crippen LogP) is 1.49. The van der Waals surface area contributed by atoms with Crippen molar-refractivity contribution in [1.29, 1.82) is 5.41 Å². The molecule has 1 saturated heterocycles. The fourth-order valence-corrected chi connectivity index (χ4v) is 2.03. The van der Waals surface area contributed by atoms with Crippen LogP contribution in [0.1, 0.15) is 29.3 Å². The summed E-state index contributed by atoms with van der Waals surface area (Å²) >= 11 is 0. The predicted molar refractivity (Wildman–Crippen MR) is 72.0 cm³/mol. The molecule has 0 saturated carbocycles. The van der Waals surface area contributed by atoms with E-state index < -0.39 is 0 Å². The lowest BCUT2D eigenvalue weighted by molar-refractivity contribution is -0.125. The van der Waals surface area contributed by atoms with Gasteiger partial charge in [0.05, 0.1) is 13.1 Å². The fourth-order valence-electron chi connectivity index (χ4n) is 2.03. The van der Waals surface area contributed by atoms with Crippen molar-refractivity contribution in [1.82, 2.24) is 9.80 Å². The number of carbonyl (C=O) groups excluding carboxylic acids is 2. The van der Waals surface area contributed by atoms with Crippen LogP contribution in [0.15, 0.2) is 24.3 Å². The molecule has 100 valence electrons. The van der Waals surface area contributed by atoms with Gasteiger partial charge in [-0.05, 0) is 5.56 Å². The first-order valence-electron chi connectivity index (χ1n) is 6.25. The third-order valence-corrected chi connectivity index (χ3v) is 3.23. The maximum absolute atomic E-state index is 11.7. The van der Waals surface area contributed by atoms with Gasteiger partial charge in [-0.2, -0.15) is 0 Å². The molecule has 1 aromatic rings. The van der Waals surface area contributed by atoms with Crippen molar-refractivity contribution in [3.05, 3.63) is 35.4 Å². The van der Waals surface area contributed by atoms with E-state index in [1.165, 1.54) is 4.90 Å². The normalized spacial score (nSPS) is 15.3. The molecule has 0 radical (unpaired) electrons. The Labute approximate surface area is 112 Å². The van der Waals surface area contributed by atoms with Gasteiger partial charge in [0.1, 0.15) is 0 Å². The molecule has 1 aromatic carbocycles. The van der Waals surface area contributed by atoms with E-state index in [2.05, 4.69) is 0 Å². The van der Waals surface area contributed by atoms with E-state index in [9.17, 15) is 9.59 Å². The highest BCUT2D eigenvalue weighted by atomic mass is 16.2. The van der Waals surface area contributed by atoms with Crippen LogP contribution >= 0.6 is 0 Å². The number of likely N-dealkylation sites (N-methyl/N-ethyl adjacent to an activating group) is 1. The Hall–Kier alpha value is -2.17. The smallest absolute Gasteiger partial charge is 0.249 e. The molecule has 1 aliphatic heterocycles. The molecular weight excluding hydrogens is 242 g/mol. The summed E-state index contributed by atoms with van der Waals surface area (Å²) < 4.78 is 0. The molecule has 0 bridgehead atoms. The number of guanidine groups is 1. The highest BCUT2D eigenvalue weighted by molar-refractivity contribution is 6.02. The Kier molecular flexibility index (Phi) is 3.64. The van der Waals surface area contributed by atoms with Gasteiger partial charge >= 0.3 is 0 Å². The van der Waals surface area contributed by atoms with Gasteiger partial charge < -0.3 is 4.90 Å². The lowest BCUT2D eigenvalue weighted by Gasteiger charge is -2.17. The standard InChI is InChI=1S/C14H17N3O2/c1-3-12(18)11-6-4-10(5-7-11)8-17-13(19)9-16(2)14(17)15/h4-7,15H,3,8-9H2,1-2H3. The van der Waals surface area contributed by atoms with Crippen LogP contribution in [-0.4, -0.2) is 41.0 Å². The van der Waals surface area contributed by atoms with Crippen molar-refractivity contribution >= 4 is 17.6 Å². The zero-order valence-electron chi connectivity index (χ0n) is 11.1. The van der Waals surface area contributed by atoms with Crippen LogP contribution in [0.4, 0.5) is 0 Å². The summed E-state index contributed by atoms with van der Waals surface area (Å²) in [6.45, 7) is 2.46. The number of hydrogen-bond donors (Lipinski definition) is 1. The second-order valence-corrected chi connectivity index (χ2v) is 4.63. The molecule has 0 spiro atoms. The van der Waals surface area contributed by atoms with E-state index in [0.717, 1.165) is 5.56 Å². The van der Waals surface area contributed by atoms with Crippen LogP contribution in [-0.2, 0) is 11.3 Å². The van der Waals surface area contributed by atoms with Crippen molar-refractivity contribution in [2.24, 2.45) is 0 Å². The molecule has 0 aliphatic carbocycles. The molecule has 5 heteroatoms. The summed E-state index contributed by atoms with van der Waals surface area (Å²) in [5.41, 5.74) is 1.60. The maximum Gasteiger partial charge on any atom is 0.249 e. The lowest BCUT2D eigenvalue weighted by Crippen LogP contribution is -2.31. The Morgan fingerprint density at radius 2 is 1.95 bits per heavy atom. The zero-order chi connectivity index (χ0) is 14.0. The molecule has 2 rings (SSSR count). The van der Waals surface area contributed by atoms with Gasteiger partial charge in [-0.15, -0.1) is 0 Å². The van der Waals surface area contributed by atoms with E-state index in [0.29, 0.717) is 18.5 Å². The number of nitrogens with one attached hydrogen (secondary N) is 1. The first kappa shape index (κ1) is 13.3.